The standard InChI is InChI=1S/C21H18Cl2F2O2/c1-21(2)15(10-17(22)23)18(21)20(26)27-11-14-16(24)9-8-13(19(14)25)12-6-4-3-5-7-12/h3-10,15,18H,11H2,1-2H3/t15-,18-/m1/s1. The SMILES string of the molecule is CC1(C)[C@H](C=C(Cl)Cl)[C@@H]1C(=O)OCc1c(F)ccc(-c2ccccc2)c1F. The van der Waals surface area contributed by atoms with Crippen LogP contribution in [-0.4, -0.2) is 5.97 Å². The van der Waals surface area contributed by atoms with Crippen LogP contribution in [0, 0.1) is 28.9 Å². The molecule has 0 radical (unpaired) electrons. The molecule has 0 bridgehead atoms. The summed E-state index contributed by atoms with van der Waals surface area (Å²) in [6, 6.07) is 11.3. The normalized spacial score (nSPS) is 20.1. The average Bonchev–Trinajstić information content (AvgIpc) is 3.14. The summed E-state index contributed by atoms with van der Waals surface area (Å²) in [6.07, 6.45) is 1.59. The Bertz CT molecular complexity index is 891. The molecule has 2 aromatic carbocycles. The molecule has 0 spiro atoms. The molecule has 2 aromatic rings. The molecule has 0 heterocycles. The highest BCUT2D eigenvalue weighted by Gasteiger charge is 2.61. The number of ether oxygens (including phenoxy) is 1. The zero-order chi connectivity index (χ0) is 19.8. The second kappa shape index (κ2) is 7.61. The Morgan fingerprint density at radius 2 is 1.81 bits per heavy atom. The Balaban J connectivity index is 1.77. The molecular formula is C21H18Cl2F2O2. The van der Waals surface area contributed by atoms with Gasteiger partial charge in [0.05, 0.1) is 11.5 Å². The number of allylic oxidation sites excluding steroid dienone is 1. The van der Waals surface area contributed by atoms with Crippen LogP contribution >= 0.6 is 23.2 Å². The summed E-state index contributed by atoms with van der Waals surface area (Å²) in [6.45, 7) is 3.29. The minimum atomic E-state index is -0.754. The Morgan fingerprint density at radius 3 is 2.44 bits per heavy atom. The fraction of sp³-hybridized carbons (Fsp3) is 0.286. The van der Waals surface area contributed by atoms with E-state index in [9.17, 15) is 13.6 Å². The Hall–Kier alpha value is -1.91. The molecule has 1 aliphatic carbocycles. The van der Waals surface area contributed by atoms with Crippen LogP contribution in [0.15, 0.2) is 53.0 Å². The van der Waals surface area contributed by atoms with Crippen LogP contribution < -0.4 is 0 Å². The van der Waals surface area contributed by atoms with Gasteiger partial charge in [0.15, 0.2) is 0 Å². The van der Waals surface area contributed by atoms with E-state index in [1.165, 1.54) is 12.1 Å². The highest BCUT2D eigenvalue weighted by atomic mass is 35.5. The minimum absolute atomic E-state index is 0.0797. The van der Waals surface area contributed by atoms with Gasteiger partial charge in [-0.15, -0.1) is 0 Å². The van der Waals surface area contributed by atoms with E-state index in [4.69, 9.17) is 27.9 Å². The lowest BCUT2D eigenvalue weighted by molar-refractivity contribution is -0.147. The maximum atomic E-state index is 14.8. The van der Waals surface area contributed by atoms with E-state index in [2.05, 4.69) is 0 Å². The molecule has 1 saturated carbocycles. The van der Waals surface area contributed by atoms with Crippen molar-refractivity contribution in [2.75, 3.05) is 0 Å². The molecule has 27 heavy (non-hydrogen) atoms. The topological polar surface area (TPSA) is 26.3 Å². The van der Waals surface area contributed by atoms with E-state index < -0.39 is 30.1 Å². The fourth-order valence-electron chi connectivity index (χ4n) is 3.38. The monoisotopic (exact) mass is 410 g/mol. The Morgan fingerprint density at radius 1 is 1.15 bits per heavy atom. The van der Waals surface area contributed by atoms with Crippen LogP contribution in [-0.2, 0) is 16.1 Å². The zero-order valence-corrected chi connectivity index (χ0v) is 16.3. The first-order valence-electron chi connectivity index (χ1n) is 8.45. The van der Waals surface area contributed by atoms with E-state index in [0.717, 1.165) is 0 Å². The summed E-state index contributed by atoms with van der Waals surface area (Å²) in [7, 11) is 0. The van der Waals surface area contributed by atoms with Crippen LogP contribution in [0.1, 0.15) is 19.4 Å². The molecule has 2 atom stereocenters. The molecule has 142 valence electrons. The van der Waals surface area contributed by atoms with Gasteiger partial charge in [-0.25, -0.2) is 8.78 Å². The van der Waals surface area contributed by atoms with Crippen LogP contribution in [0.25, 0.3) is 11.1 Å². The van der Waals surface area contributed by atoms with Crippen molar-refractivity contribution in [3.05, 3.63) is 70.2 Å². The van der Waals surface area contributed by atoms with Crippen LogP contribution in [0.2, 0.25) is 0 Å². The van der Waals surface area contributed by atoms with E-state index in [1.807, 2.05) is 19.9 Å². The lowest BCUT2D eigenvalue weighted by Crippen LogP contribution is -2.12. The van der Waals surface area contributed by atoms with Crippen molar-refractivity contribution in [1.29, 1.82) is 0 Å². The number of halogens is 4. The molecule has 3 rings (SSSR count). The zero-order valence-electron chi connectivity index (χ0n) is 14.8. The average molecular weight is 411 g/mol. The predicted molar refractivity (Wildman–Crippen MR) is 102 cm³/mol. The Kier molecular flexibility index (Phi) is 5.59. The van der Waals surface area contributed by atoms with Gasteiger partial charge in [0, 0.05) is 5.56 Å². The number of esters is 1. The summed E-state index contributed by atoms with van der Waals surface area (Å²) < 4.78 is 34.2. The van der Waals surface area contributed by atoms with Gasteiger partial charge in [-0.05, 0) is 35.1 Å². The highest BCUT2D eigenvalue weighted by molar-refractivity contribution is 6.55. The molecule has 0 aromatic heterocycles. The molecule has 0 saturated heterocycles. The molecule has 2 nitrogen and oxygen atoms in total. The lowest BCUT2D eigenvalue weighted by Gasteiger charge is -2.11. The van der Waals surface area contributed by atoms with Crippen molar-refractivity contribution in [3.63, 3.8) is 0 Å². The second-order valence-corrected chi connectivity index (χ2v) is 8.15. The third kappa shape index (κ3) is 4.02. The van der Waals surface area contributed by atoms with Gasteiger partial charge in [0.1, 0.15) is 22.7 Å². The third-order valence-corrected chi connectivity index (χ3v) is 5.35. The first kappa shape index (κ1) is 19.8. The van der Waals surface area contributed by atoms with Crippen molar-refractivity contribution in [2.24, 2.45) is 17.3 Å². The molecule has 1 fully saturated rings. The highest BCUT2D eigenvalue weighted by Crippen LogP contribution is 2.60. The number of carbonyl (C=O) groups excluding carboxylic acids is 1. The number of hydrogen-bond acceptors (Lipinski definition) is 2. The summed E-state index contributed by atoms with van der Waals surface area (Å²) in [5.41, 5.74) is 0.234. The largest absolute Gasteiger partial charge is 0.460 e. The van der Waals surface area contributed by atoms with Crippen LogP contribution in [0.5, 0.6) is 0 Å². The van der Waals surface area contributed by atoms with Crippen molar-refractivity contribution in [2.45, 2.75) is 20.5 Å². The number of rotatable bonds is 5. The van der Waals surface area contributed by atoms with E-state index >= 15 is 0 Å². The molecule has 1 aliphatic rings. The van der Waals surface area contributed by atoms with Crippen molar-refractivity contribution < 1.29 is 18.3 Å². The van der Waals surface area contributed by atoms with Gasteiger partial charge >= 0.3 is 5.97 Å². The van der Waals surface area contributed by atoms with Crippen molar-refractivity contribution in [1.82, 2.24) is 0 Å². The quantitative estimate of drug-likeness (QED) is 0.543. The number of benzene rings is 2. The van der Waals surface area contributed by atoms with Crippen molar-refractivity contribution >= 4 is 29.2 Å². The van der Waals surface area contributed by atoms with E-state index in [0.29, 0.717) is 5.56 Å². The smallest absolute Gasteiger partial charge is 0.310 e. The number of hydrogen-bond donors (Lipinski definition) is 0. The van der Waals surface area contributed by atoms with E-state index in [-0.39, 0.29) is 27.0 Å². The van der Waals surface area contributed by atoms with Gasteiger partial charge in [-0.3, -0.25) is 4.79 Å². The molecule has 6 heteroatoms. The van der Waals surface area contributed by atoms with Gasteiger partial charge in [0.2, 0.25) is 0 Å². The maximum Gasteiger partial charge on any atom is 0.310 e. The van der Waals surface area contributed by atoms with Gasteiger partial charge < -0.3 is 4.74 Å². The summed E-state index contributed by atoms with van der Waals surface area (Å²) >= 11 is 11.4. The Labute approximate surface area is 166 Å². The van der Waals surface area contributed by atoms with Gasteiger partial charge in [-0.2, -0.15) is 0 Å². The summed E-state index contributed by atoms with van der Waals surface area (Å²) in [5.74, 6) is -2.63. The van der Waals surface area contributed by atoms with Gasteiger partial charge in [0.25, 0.3) is 0 Å². The minimum Gasteiger partial charge on any atom is -0.460 e. The van der Waals surface area contributed by atoms with Gasteiger partial charge in [-0.1, -0.05) is 67.4 Å². The molecular weight excluding hydrogens is 393 g/mol. The van der Waals surface area contributed by atoms with Crippen molar-refractivity contribution in [3.8, 4) is 11.1 Å². The van der Waals surface area contributed by atoms with Crippen LogP contribution in [0.4, 0.5) is 8.78 Å². The lowest BCUT2D eigenvalue weighted by atomic mass is 10.0. The maximum absolute atomic E-state index is 14.8. The predicted octanol–water partition coefficient (Wildman–Crippen LogP) is 6.27. The molecule has 0 unspecified atom stereocenters. The number of carbonyl (C=O) groups is 1. The molecule has 0 amide bonds. The fourth-order valence-corrected chi connectivity index (χ4v) is 3.65. The molecule has 0 N–H and O–H groups in total. The first-order chi connectivity index (χ1) is 12.7. The first-order valence-corrected chi connectivity index (χ1v) is 9.21. The molecule has 0 aliphatic heterocycles. The van der Waals surface area contributed by atoms with E-state index in [1.54, 1.807) is 30.3 Å². The summed E-state index contributed by atoms with van der Waals surface area (Å²) in [4.78, 5) is 12.4. The summed E-state index contributed by atoms with van der Waals surface area (Å²) in [5, 5.41) is 0. The van der Waals surface area contributed by atoms with Crippen LogP contribution in [0.3, 0.4) is 0 Å². The third-order valence-electron chi connectivity index (χ3n) is 5.10. The second-order valence-electron chi connectivity index (χ2n) is 7.14.